The third-order valence-electron chi connectivity index (χ3n) is 4.50. The third-order valence-corrected chi connectivity index (χ3v) is 6.71. The Kier molecular flexibility index (Phi) is 6.52. The van der Waals surface area contributed by atoms with Crippen LogP contribution in [0.4, 0.5) is 0 Å². The van der Waals surface area contributed by atoms with Gasteiger partial charge in [-0.05, 0) is 42.3 Å². The molecule has 1 N–H and O–H groups in total. The van der Waals surface area contributed by atoms with Crippen molar-refractivity contribution in [3.8, 4) is 0 Å². The van der Waals surface area contributed by atoms with Crippen molar-refractivity contribution < 1.29 is 13.2 Å². The Morgan fingerprint density at radius 2 is 1.90 bits per heavy atom. The molecule has 3 rings (SSSR count). The second-order valence-electron chi connectivity index (χ2n) is 6.67. The summed E-state index contributed by atoms with van der Waals surface area (Å²) in [6.45, 7) is 3.79. The Morgan fingerprint density at radius 1 is 1.17 bits per heavy atom. The lowest BCUT2D eigenvalue weighted by Crippen LogP contribution is -2.40. The van der Waals surface area contributed by atoms with Crippen LogP contribution in [0.1, 0.15) is 18.1 Å². The van der Waals surface area contributed by atoms with Gasteiger partial charge < -0.3 is 5.32 Å². The Bertz CT molecular complexity index is 1130. The standard InChI is InChI=1S/C21H22ClN3O3S/c1-3-25(14-20(26)23-13-16-7-9-18(22)10-8-16)29(27,28)19-6-4-5-17-11-15(2)12-24-21(17)19/h4-12H,3,13-14H2,1-2H3,(H,23,26). The molecule has 0 aliphatic carbocycles. The number of benzene rings is 2. The number of likely N-dealkylation sites (N-methyl/N-ethyl adjacent to an activating group) is 1. The SMILES string of the molecule is CCN(CC(=O)NCc1ccc(Cl)cc1)S(=O)(=O)c1cccc2cc(C)cnc12. The summed E-state index contributed by atoms with van der Waals surface area (Å²) in [6, 6.07) is 14.0. The van der Waals surface area contributed by atoms with E-state index in [4.69, 9.17) is 11.6 Å². The van der Waals surface area contributed by atoms with Gasteiger partial charge in [0.05, 0.1) is 12.1 Å². The van der Waals surface area contributed by atoms with Crippen LogP contribution in [0, 0.1) is 6.92 Å². The van der Waals surface area contributed by atoms with Crippen LogP contribution in [0.3, 0.4) is 0 Å². The third kappa shape index (κ3) is 4.93. The predicted molar refractivity (Wildman–Crippen MR) is 114 cm³/mol. The van der Waals surface area contributed by atoms with Crippen molar-refractivity contribution in [3.63, 3.8) is 0 Å². The van der Waals surface area contributed by atoms with E-state index in [0.717, 1.165) is 20.8 Å². The van der Waals surface area contributed by atoms with Crippen LogP contribution in [0.15, 0.2) is 59.6 Å². The molecule has 0 spiro atoms. The fraction of sp³-hybridized carbons (Fsp3) is 0.238. The number of aryl methyl sites for hydroxylation is 1. The topological polar surface area (TPSA) is 79.4 Å². The van der Waals surface area contributed by atoms with E-state index in [-0.39, 0.29) is 23.9 Å². The molecule has 1 amide bonds. The molecule has 0 radical (unpaired) electrons. The van der Waals surface area contributed by atoms with Gasteiger partial charge in [0.1, 0.15) is 4.90 Å². The number of nitrogens with one attached hydrogen (secondary N) is 1. The van der Waals surface area contributed by atoms with E-state index in [9.17, 15) is 13.2 Å². The molecular formula is C21H22ClN3O3S. The monoisotopic (exact) mass is 431 g/mol. The number of halogens is 1. The van der Waals surface area contributed by atoms with Gasteiger partial charge in [-0.25, -0.2) is 8.42 Å². The maximum absolute atomic E-state index is 13.2. The molecule has 0 fully saturated rings. The minimum Gasteiger partial charge on any atom is -0.351 e. The molecule has 0 bridgehead atoms. The fourth-order valence-corrected chi connectivity index (χ4v) is 4.67. The predicted octanol–water partition coefficient (Wildman–Crippen LogP) is 3.52. The van der Waals surface area contributed by atoms with Gasteiger partial charge in [0.15, 0.2) is 0 Å². The number of carbonyl (C=O) groups excluding carboxylic acids is 1. The normalized spacial score (nSPS) is 11.7. The molecule has 152 valence electrons. The zero-order valence-electron chi connectivity index (χ0n) is 16.2. The first-order valence-corrected chi connectivity index (χ1v) is 11.0. The zero-order chi connectivity index (χ0) is 21.0. The van der Waals surface area contributed by atoms with Crippen LogP contribution in [-0.2, 0) is 21.4 Å². The molecule has 0 aliphatic rings. The second-order valence-corrected chi connectivity index (χ2v) is 9.02. The Labute approximate surface area is 175 Å². The van der Waals surface area contributed by atoms with Gasteiger partial charge in [0.25, 0.3) is 0 Å². The summed E-state index contributed by atoms with van der Waals surface area (Å²) in [4.78, 5) is 16.8. The van der Waals surface area contributed by atoms with Crippen molar-refractivity contribution in [2.24, 2.45) is 0 Å². The van der Waals surface area contributed by atoms with Crippen LogP contribution in [0.25, 0.3) is 10.9 Å². The molecule has 1 heterocycles. The van der Waals surface area contributed by atoms with E-state index in [1.807, 2.05) is 19.1 Å². The summed E-state index contributed by atoms with van der Waals surface area (Å²) < 4.78 is 27.6. The number of carbonyl (C=O) groups is 1. The van der Waals surface area contributed by atoms with Crippen LogP contribution in [-0.4, -0.2) is 36.7 Å². The minimum atomic E-state index is -3.88. The average Bonchev–Trinajstić information content (AvgIpc) is 2.70. The van der Waals surface area contributed by atoms with Crippen molar-refractivity contribution in [3.05, 3.63) is 70.9 Å². The van der Waals surface area contributed by atoms with Gasteiger partial charge in [-0.2, -0.15) is 4.31 Å². The van der Waals surface area contributed by atoms with Gasteiger partial charge >= 0.3 is 0 Å². The Balaban J connectivity index is 1.78. The summed E-state index contributed by atoms with van der Waals surface area (Å²) in [5, 5.41) is 4.11. The lowest BCUT2D eigenvalue weighted by atomic mass is 10.2. The van der Waals surface area contributed by atoms with E-state index in [2.05, 4.69) is 10.3 Å². The van der Waals surface area contributed by atoms with Crippen molar-refractivity contribution in [1.29, 1.82) is 0 Å². The first kappa shape index (κ1) is 21.2. The Morgan fingerprint density at radius 3 is 2.59 bits per heavy atom. The van der Waals surface area contributed by atoms with Crippen LogP contribution in [0.2, 0.25) is 5.02 Å². The highest BCUT2D eigenvalue weighted by molar-refractivity contribution is 7.89. The molecule has 29 heavy (non-hydrogen) atoms. The number of nitrogens with zero attached hydrogens (tertiary/aromatic N) is 2. The lowest BCUT2D eigenvalue weighted by Gasteiger charge is -2.21. The smallest absolute Gasteiger partial charge is 0.245 e. The first-order valence-electron chi connectivity index (χ1n) is 9.18. The molecule has 6 nitrogen and oxygen atoms in total. The maximum atomic E-state index is 13.2. The number of rotatable bonds is 7. The highest BCUT2D eigenvalue weighted by Crippen LogP contribution is 2.24. The fourth-order valence-electron chi connectivity index (χ4n) is 2.98. The van der Waals surface area contributed by atoms with Gasteiger partial charge in [0.2, 0.25) is 15.9 Å². The molecule has 0 saturated heterocycles. The molecule has 2 aromatic carbocycles. The summed E-state index contributed by atoms with van der Waals surface area (Å²) in [7, 11) is -3.88. The summed E-state index contributed by atoms with van der Waals surface area (Å²) in [5.74, 6) is -0.380. The number of hydrogen-bond donors (Lipinski definition) is 1. The Hall–Kier alpha value is -2.48. The largest absolute Gasteiger partial charge is 0.351 e. The highest BCUT2D eigenvalue weighted by Gasteiger charge is 2.27. The first-order chi connectivity index (χ1) is 13.8. The molecule has 0 atom stereocenters. The van der Waals surface area contributed by atoms with Crippen molar-refractivity contribution in [2.45, 2.75) is 25.3 Å². The average molecular weight is 432 g/mol. The summed E-state index contributed by atoms with van der Waals surface area (Å²) in [6.07, 6.45) is 1.64. The quantitative estimate of drug-likeness (QED) is 0.620. The van der Waals surface area contributed by atoms with E-state index in [1.165, 1.54) is 6.07 Å². The molecule has 3 aromatic rings. The van der Waals surface area contributed by atoms with Crippen molar-refractivity contribution in [2.75, 3.05) is 13.1 Å². The molecule has 0 aliphatic heterocycles. The van der Waals surface area contributed by atoms with E-state index in [0.29, 0.717) is 17.1 Å². The highest BCUT2D eigenvalue weighted by atomic mass is 35.5. The van der Waals surface area contributed by atoms with Gasteiger partial charge in [-0.1, -0.05) is 42.8 Å². The van der Waals surface area contributed by atoms with E-state index in [1.54, 1.807) is 43.5 Å². The molecular weight excluding hydrogens is 410 g/mol. The van der Waals surface area contributed by atoms with Gasteiger partial charge in [-0.3, -0.25) is 9.78 Å². The zero-order valence-corrected chi connectivity index (χ0v) is 17.8. The number of pyridine rings is 1. The lowest BCUT2D eigenvalue weighted by molar-refractivity contribution is -0.121. The molecule has 1 aromatic heterocycles. The second kappa shape index (κ2) is 8.90. The summed E-state index contributed by atoms with van der Waals surface area (Å²) in [5.41, 5.74) is 2.22. The summed E-state index contributed by atoms with van der Waals surface area (Å²) >= 11 is 5.85. The van der Waals surface area contributed by atoms with E-state index >= 15 is 0 Å². The number of aromatic nitrogens is 1. The molecule has 0 unspecified atom stereocenters. The minimum absolute atomic E-state index is 0.0994. The number of fused-ring (bicyclic) bond motifs is 1. The maximum Gasteiger partial charge on any atom is 0.245 e. The number of para-hydroxylation sites is 1. The van der Waals surface area contributed by atoms with Crippen LogP contribution in [0.5, 0.6) is 0 Å². The van der Waals surface area contributed by atoms with Gasteiger partial charge in [0, 0.05) is 29.7 Å². The van der Waals surface area contributed by atoms with Crippen molar-refractivity contribution >= 4 is 38.4 Å². The number of amides is 1. The molecule has 0 saturated carbocycles. The van der Waals surface area contributed by atoms with Crippen LogP contribution < -0.4 is 5.32 Å². The van der Waals surface area contributed by atoms with E-state index < -0.39 is 10.0 Å². The molecule has 8 heteroatoms. The number of sulfonamides is 1. The number of hydrogen-bond acceptors (Lipinski definition) is 4. The van der Waals surface area contributed by atoms with Gasteiger partial charge in [-0.15, -0.1) is 0 Å². The van der Waals surface area contributed by atoms with Crippen LogP contribution >= 0.6 is 11.6 Å². The van der Waals surface area contributed by atoms with Crippen molar-refractivity contribution in [1.82, 2.24) is 14.6 Å².